The number of aldehydes is 1. The van der Waals surface area contributed by atoms with Crippen molar-refractivity contribution in [2.45, 2.75) is 71.0 Å². The molecule has 2 fully saturated rings. The van der Waals surface area contributed by atoms with Crippen LogP contribution in [0.2, 0.25) is 0 Å². The zero-order valence-electron chi connectivity index (χ0n) is 13.0. The first-order valence-corrected chi connectivity index (χ1v) is 7.65. The van der Waals surface area contributed by atoms with E-state index in [4.69, 9.17) is 4.74 Å². The van der Waals surface area contributed by atoms with Crippen molar-refractivity contribution in [3.05, 3.63) is 0 Å². The van der Waals surface area contributed by atoms with Crippen LogP contribution in [0.3, 0.4) is 0 Å². The van der Waals surface area contributed by atoms with E-state index in [-0.39, 0.29) is 16.6 Å². The Balaban J connectivity index is 2.06. The van der Waals surface area contributed by atoms with Gasteiger partial charge >= 0.3 is 0 Å². The SMILES string of the molecule is CC1(C)CN(CC2(C=O)CCCCC2)CC(C)(C)O1. The van der Waals surface area contributed by atoms with Crippen LogP contribution < -0.4 is 0 Å². The topological polar surface area (TPSA) is 29.5 Å². The fourth-order valence-corrected chi connectivity index (χ4v) is 4.07. The van der Waals surface area contributed by atoms with Crippen LogP contribution in [0, 0.1) is 5.41 Å². The molecule has 2 aliphatic rings. The first-order chi connectivity index (χ1) is 8.76. The Morgan fingerprint density at radius 3 is 2.00 bits per heavy atom. The number of rotatable bonds is 3. The molecule has 0 aromatic carbocycles. The van der Waals surface area contributed by atoms with E-state index in [0.717, 1.165) is 32.5 Å². The van der Waals surface area contributed by atoms with Crippen LogP contribution in [0.4, 0.5) is 0 Å². The van der Waals surface area contributed by atoms with Crippen LogP contribution in [0.15, 0.2) is 0 Å². The summed E-state index contributed by atoms with van der Waals surface area (Å²) < 4.78 is 6.12. The highest BCUT2D eigenvalue weighted by molar-refractivity contribution is 5.60. The molecule has 1 saturated carbocycles. The summed E-state index contributed by atoms with van der Waals surface area (Å²) in [5.74, 6) is 0. The molecule has 0 aromatic rings. The number of carbonyl (C=O) groups is 1. The van der Waals surface area contributed by atoms with Crippen molar-refractivity contribution in [3.63, 3.8) is 0 Å². The second-order valence-corrected chi connectivity index (χ2v) is 7.81. The van der Waals surface area contributed by atoms with Gasteiger partial charge in [-0.1, -0.05) is 19.3 Å². The smallest absolute Gasteiger partial charge is 0.127 e. The molecule has 0 unspecified atom stereocenters. The van der Waals surface area contributed by atoms with E-state index in [2.05, 4.69) is 32.6 Å². The normalized spacial score (nSPS) is 29.9. The Morgan fingerprint density at radius 2 is 1.53 bits per heavy atom. The van der Waals surface area contributed by atoms with Gasteiger partial charge in [-0.3, -0.25) is 4.90 Å². The van der Waals surface area contributed by atoms with E-state index in [1.807, 2.05) is 0 Å². The van der Waals surface area contributed by atoms with Crippen LogP contribution in [0.5, 0.6) is 0 Å². The Labute approximate surface area is 117 Å². The van der Waals surface area contributed by atoms with E-state index < -0.39 is 0 Å². The van der Waals surface area contributed by atoms with E-state index >= 15 is 0 Å². The lowest BCUT2D eigenvalue weighted by atomic mass is 9.74. The van der Waals surface area contributed by atoms with Crippen molar-refractivity contribution in [2.75, 3.05) is 19.6 Å². The predicted octanol–water partition coefficient (Wildman–Crippen LogP) is 3.03. The van der Waals surface area contributed by atoms with Crippen LogP contribution in [-0.4, -0.2) is 42.0 Å². The highest BCUT2D eigenvalue weighted by Gasteiger charge is 2.42. The molecule has 1 aliphatic heterocycles. The van der Waals surface area contributed by atoms with Gasteiger partial charge in [0, 0.05) is 25.0 Å². The second-order valence-electron chi connectivity index (χ2n) is 7.81. The molecule has 1 saturated heterocycles. The first kappa shape index (κ1) is 15.0. The van der Waals surface area contributed by atoms with Gasteiger partial charge in [0.05, 0.1) is 11.2 Å². The zero-order chi connectivity index (χ0) is 14.1. The van der Waals surface area contributed by atoms with Gasteiger partial charge in [-0.25, -0.2) is 0 Å². The minimum absolute atomic E-state index is 0.0955. The molecule has 0 atom stereocenters. The summed E-state index contributed by atoms with van der Waals surface area (Å²) >= 11 is 0. The molecule has 110 valence electrons. The number of ether oxygens (including phenoxy) is 1. The lowest BCUT2D eigenvalue weighted by molar-refractivity contribution is -0.185. The van der Waals surface area contributed by atoms with Crippen LogP contribution in [-0.2, 0) is 9.53 Å². The van der Waals surface area contributed by atoms with Crippen molar-refractivity contribution in [2.24, 2.45) is 5.41 Å². The number of hydrogen-bond acceptors (Lipinski definition) is 3. The third-order valence-corrected chi connectivity index (χ3v) is 4.40. The fourth-order valence-electron chi connectivity index (χ4n) is 4.07. The maximum absolute atomic E-state index is 11.6. The summed E-state index contributed by atoms with van der Waals surface area (Å²) in [5, 5.41) is 0. The average molecular weight is 267 g/mol. The maximum Gasteiger partial charge on any atom is 0.127 e. The molecule has 0 spiro atoms. The Bertz CT molecular complexity index is 314. The van der Waals surface area contributed by atoms with E-state index in [9.17, 15) is 4.79 Å². The van der Waals surface area contributed by atoms with Crippen molar-refractivity contribution in [1.82, 2.24) is 4.90 Å². The Kier molecular flexibility index (Phi) is 4.08. The lowest BCUT2D eigenvalue weighted by Crippen LogP contribution is -2.59. The minimum Gasteiger partial charge on any atom is -0.367 e. The van der Waals surface area contributed by atoms with Crippen LogP contribution >= 0.6 is 0 Å². The number of carbonyl (C=O) groups excluding carboxylic acids is 1. The van der Waals surface area contributed by atoms with Gasteiger partial charge in [0.2, 0.25) is 0 Å². The quantitative estimate of drug-likeness (QED) is 0.736. The highest BCUT2D eigenvalue weighted by atomic mass is 16.5. The van der Waals surface area contributed by atoms with Crippen molar-refractivity contribution in [3.8, 4) is 0 Å². The minimum atomic E-state index is -0.125. The first-order valence-electron chi connectivity index (χ1n) is 7.65. The molecule has 0 N–H and O–H groups in total. The van der Waals surface area contributed by atoms with Crippen molar-refractivity contribution in [1.29, 1.82) is 0 Å². The van der Waals surface area contributed by atoms with E-state index in [0.29, 0.717) is 0 Å². The summed E-state index contributed by atoms with van der Waals surface area (Å²) in [6.07, 6.45) is 7.06. The molecule has 0 radical (unpaired) electrons. The summed E-state index contributed by atoms with van der Waals surface area (Å²) in [7, 11) is 0. The molecule has 0 bridgehead atoms. The standard InChI is InChI=1S/C16H29NO2/c1-14(2)10-17(11-15(3,4)19-14)12-16(13-18)8-6-5-7-9-16/h13H,5-12H2,1-4H3. The number of morpholine rings is 1. The molecule has 0 amide bonds. The Hall–Kier alpha value is -0.410. The maximum atomic E-state index is 11.6. The van der Waals surface area contributed by atoms with Crippen LogP contribution in [0.25, 0.3) is 0 Å². The summed E-state index contributed by atoms with van der Waals surface area (Å²) in [5.41, 5.74) is -0.345. The second kappa shape index (κ2) is 5.17. The largest absolute Gasteiger partial charge is 0.367 e. The molecule has 2 rings (SSSR count). The van der Waals surface area contributed by atoms with Gasteiger partial charge in [-0.05, 0) is 40.5 Å². The van der Waals surface area contributed by atoms with Gasteiger partial charge in [-0.15, -0.1) is 0 Å². The van der Waals surface area contributed by atoms with E-state index in [1.165, 1.54) is 25.5 Å². The molecule has 3 heteroatoms. The number of nitrogens with zero attached hydrogens (tertiary/aromatic N) is 1. The predicted molar refractivity (Wildman–Crippen MR) is 77.3 cm³/mol. The van der Waals surface area contributed by atoms with Gasteiger partial charge < -0.3 is 9.53 Å². The third-order valence-electron chi connectivity index (χ3n) is 4.40. The third kappa shape index (κ3) is 3.79. The molecule has 1 heterocycles. The molecular formula is C16H29NO2. The fraction of sp³-hybridized carbons (Fsp3) is 0.938. The monoisotopic (exact) mass is 267 g/mol. The van der Waals surface area contributed by atoms with Crippen molar-refractivity contribution >= 4 is 6.29 Å². The summed E-state index contributed by atoms with van der Waals surface area (Å²) in [6, 6.07) is 0. The molecule has 3 nitrogen and oxygen atoms in total. The zero-order valence-corrected chi connectivity index (χ0v) is 13.0. The summed E-state index contributed by atoms with van der Waals surface area (Å²) in [6.45, 7) is 11.3. The number of hydrogen-bond donors (Lipinski definition) is 0. The van der Waals surface area contributed by atoms with Gasteiger partial charge in [-0.2, -0.15) is 0 Å². The highest BCUT2D eigenvalue weighted by Crippen LogP contribution is 2.37. The van der Waals surface area contributed by atoms with Gasteiger partial charge in [0.1, 0.15) is 6.29 Å². The Morgan fingerprint density at radius 1 is 1.00 bits per heavy atom. The summed E-state index contributed by atoms with van der Waals surface area (Å²) in [4.78, 5) is 14.1. The average Bonchev–Trinajstić information content (AvgIpc) is 2.25. The molecule has 19 heavy (non-hydrogen) atoms. The molecular weight excluding hydrogens is 238 g/mol. The van der Waals surface area contributed by atoms with Gasteiger partial charge in [0.25, 0.3) is 0 Å². The van der Waals surface area contributed by atoms with E-state index in [1.54, 1.807) is 0 Å². The molecule has 0 aromatic heterocycles. The molecule has 1 aliphatic carbocycles. The van der Waals surface area contributed by atoms with Crippen molar-refractivity contribution < 1.29 is 9.53 Å². The lowest BCUT2D eigenvalue weighted by Gasteiger charge is -2.49. The van der Waals surface area contributed by atoms with Crippen LogP contribution in [0.1, 0.15) is 59.8 Å². The van der Waals surface area contributed by atoms with Gasteiger partial charge in [0.15, 0.2) is 0 Å².